The Morgan fingerprint density at radius 3 is 2.68 bits per heavy atom. The molecule has 19 heavy (non-hydrogen) atoms. The number of nitro groups is 1. The molecule has 1 unspecified atom stereocenters. The number of nitrogens with one attached hydrogen (secondary N) is 1. The molecule has 0 radical (unpaired) electrons. The van der Waals surface area contributed by atoms with Gasteiger partial charge in [-0.1, -0.05) is 12.1 Å². The number of nitrogens with zero attached hydrogens (tertiary/aromatic N) is 1. The van der Waals surface area contributed by atoms with E-state index in [9.17, 15) is 10.1 Å². The van der Waals surface area contributed by atoms with Crippen molar-refractivity contribution in [1.82, 2.24) is 5.32 Å². The van der Waals surface area contributed by atoms with E-state index in [1.807, 2.05) is 32.2 Å². The minimum Gasteiger partial charge on any atom is -0.459 e. The van der Waals surface area contributed by atoms with Gasteiger partial charge in [0.05, 0.1) is 11.0 Å². The molecule has 1 N–H and O–H groups in total. The summed E-state index contributed by atoms with van der Waals surface area (Å²) in [6.07, 6.45) is 0. The third kappa shape index (κ3) is 2.51. The first-order chi connectivity index (χ1) is 9.04. The van der Waals surface area contributed by atoms with Crippen molar-refractivity contribution in [1.29, 1.82) is 0 Å². The smallest absolute Gasteiger partial charge is 0.273 e. The number of hydrogen-bond acceptors (Lipinski definition) is 4. The minimum absolute atomic E-state index is 0.104. The van der Waals surface area contributed by atoms with Crippen LogP contribution in [0.25, 0.3) is 11.3 Å². The number of nitro benzene ring substituents is 1. The van der Waals surface area contributed by atoms with Crippen LogP contribution in [0.1, 0.15) is 24.3 Å². The predicted octanol–water partition coefficient (Wildman–Crippen LogP) is 3.44. The van der Waals surface area contributed by atoms with Crippen LogP contribution in [-0.4, -0.2) is 12.0 Å². The Labute approximate surface area is 111 Å². The topological polar surface area (TPSA) is 68.3 Å². The number of benzene rings is 1. The molecule has 1 atom stereocenters. The first-order valence-corrected chi connectivity index (χ1v) is 6.06. The van der Waals surface area contributed by atoms with Gasteiger partial charge in [0.2, 0.25) is 0 Å². The molecule has 1 heterocycles. The van der Waals surface area contributed by atoms with Gasteiger partial charge in [-0.25, -0.2) is 0 Å². The normalized spacial score (nSPS) is 12.4. The van der Waals surface area contributed by atoms with Crippen LogP contribution in [0.5, 0.6) is 0 Å². The molecule has 1 aromatic heterocycles. The number of hydrogen-bond donors (Lipinski definition) is 1. The van der Waals surface area contributed by atoms with Gasteiger partial charge in [-0.05, 0) is 33.0 Å². The molecule has 0 aliphatic rings. The fraction of sp³-hybridized carbons (Fsp3) is 0.286. The van der Waals surface area contributed by atoms with Crippen LogP contribution >= 0.6 is 0 Å². The maximum Gasteiger partial charge on any atom is 0.273 e. The third-order valence-electron chi connectivity index (χ3n) is 3.25. The van der Waals surface area contributed by atoms with E-state index in [1.165, 1.54) is 6.07 Å². The molecule has 5 nitrogen and oxygen atoms in total. The van der Waals surface area contributed by atoms with Crippen LogP contribution < -0.4 is 5.32 Å². The van der Waals surface area contributed by atoms with Crippen molar-refractivity contribution in [3.63, 3.8) is 0 Å². The van der Waals surface area contributed by atoms with E-state index in [0.717, 1.165) is 11.3 Å². The molecule has 1 aromatic carbocycles. The highest BCUT2D eigenvalue weighted by Crippen LogP contribution is 2.32. The molecular weight excluding hydrogens is 244 g/mol. The summed E-state index contributed by atoms with van der Waals surface area (Å²) in [5, 5.41) is 14.0. The van der Waals surface area contributed by atoms with Crippen molar-refractivity contribution in [2.75, 3.05) is 7.05 Å². The first kappa shape index (κ1) is 13.3. The molecular formula is C14H16N2O3. The Balaban J connectivity index is 2.45. The molecule has 100 valence electrons. The van der Waals surface area contributed by atoms with Gasteiger partial charge in [0.25, 0.3) is 5.69 Å². The predicted molar refractivity (Wildman–Crippen MR) is 73.0 cm³/mol. The van der Waals surface area contributed by atoms with E-state index >= 15 is 0 Å². The summed E-state index contributed by atoms with van der Waals surface area (Å²) in [6.45, 7) is 3.72. The molecule has 0 aliphatic heterocycles. The Morgan fingerprint density at radius 2 is 2.05 bits per heavy atom. The van der Waals surface area contributed by atoms with Gasteiger partial charge in [0.15, 0.2) is 0 Å². The van der Waals surface area contributed by atoms with Gasteiger partial charge in [-0.15, -0.1) is 0 Å². The van der Waals surface area contributed by atoms with E-state index in [-0.39, 0.29) is 16.7 Å². The minimum atomic E-state index is -0.376. The Morgan fingerprint density at radius 1 is 1.32 bits per heavy atom. The average molecular weight is 260 g/mol. The van der Waals surface area contributed by atoms with Crippen LogP contribution in [0.4, 0.5) is 5.69 Å². The molecule has 0 fully saturated rings. The first-order valence-electron chi connectivity index (χ1n) is 6.06. The highest BCUT2D eigenvalue weighted by molar-refractivity contribution is 5.67. The molecule has 0 aliphatic carbocycles. The zero-order valence-electron chi connectivity index (χ0n) is 11.1. The maximum absolute atomic E-state index is 10.9. The lowest BCUT2D eigenvalue weighted by atomic mass is 10.1. The summed E-state index contributed by atoms with van der Waals surface area (Å²) in [4.78, 5) is 10.6. The number of furan rings is 1. The van der Waals surface area contributed by atoms with Crippen molar-refractivity contribution in [2.24, 2.45) is 0 Å². The van der Waals surface area contributed by atoms with Crippen LogP contribution in [-0.2, 0) is 0 Å². The molecule has 0 bridgehead atoms. The third-order valence-corrected chi connectivity index (χ3v) is 3.25. The van der Waals surface area contributed by atoms with E-state index in [4.69, 9.17) is 4.42 Å². The largest absolute Gasteiger partial charge is 0.459 e. The second-order valence-corrected chi connectivity index (χ2v) is 4.42. The van der Waals surface area contributed by atoms with Crippen LogP contribution in [0, 0.1) is 17.0 Å². The highest BCUT2D eigenvalue weighted by atomic mass is 16.6. The van der Waals surface area contributed by atoms with Gasteiger partial charge in [0, 0.05) is 17.2 Å². The summed E-state index contributed by atoms with van der Waals surface area (Å²) in [6, 6.07) is 8.83. The van der Waals surface area contributed by atoms with Crippen LogP contribution in [0.2, 0.25) is 0 Å². The van der Waals surface area contributed by atoms with Crippen molar-refractivity contribution in [2.45, 2.75) is 19.9 Å². The van der Waals surface area contributed by atoms with Crippen molar-refractivity contribution < 1.29 is 9.34 Å². The molecule has 0 amide bonds. The second kappa shape index (κ2) is 5.24. The quantitative estimate of drug-likeness (QED) is 0.675. The van der Waals surface area contributed by atoms with Gasteiger partial charge >= 0.3 is 0 Å². The van der Waals surface area contributed by atoms with Gasteiger partial charge in [0.1, 0.15) is 11.5 Å². The lowest BCUT2D eigenvalue weighted by Gasteiger charge is -2.06. The van der Waals surface area contributed by atoms with E-state index in [2.05, 4.69) is 5.32 Å². The fourth-order valence-electron chi connectivity index (χ4n) is 1.96. The Kier molecular flexibility index (Phi) is 3.66. The zero-order valence-corrected chi connectivity index (χ0v) is 11.1. The fourth-order valence-corrected chi connectivity index (χ4v) is 1.96. The van der Waals surface area contributed by atoms with Crippen molar-refractivity contribution >= 4 is 5.69 Å². The van der Waals surface area contributed by atoms with E-state index in [1.54, 1.807) is 13.0 Å². The Hall–Kier alpha value is -2.14. The van der Waals surface area contributed by atoms with Crippen molar-refractivity contribution in [3.05, 3.63) is 51.8 Å². The molecule has 5 heteroatoms. The monoisotopic (exact) mass is 260 g/mol. The van der Waals surface area contributed by atoms with Crippen LogP contribution in [0.3, 0.4) is 0 Å². The SMILES string of the molecule is CNC(C)c1ccc(-c2cccc([N+](=O)[O-])c2C)o1. The second-order valence-electron chi connectivity index (χ2n) is 4.42. The molecule has 0 saturated heterocycles. The summed E-state index contributed by atoms with van der Waals surface area (Å²) < 4.78 is 5.75. The van der Waals surface area contributed by atoms with Gasteiger partial charge in [-0.2, -0.15) is 0 Å². The molecule has 2 rings (SSSR count). The Bertz CT molecular complexity index is 604. The molecule has 0 spiro atoms. The zero-order chi connectivity index (χ0) is 14.0. The van der Waals surface area contributed by atoms with Crippen molar-refractivity contribution in [3.8, 4) is 11.3 Å². The lowest BCUT2D eigenvalue weighted by molar-refractivity contribution is -0.385. The number of rotatable bonds is 4. The summed E-state index contributed by atoms with van der Waals surface area (Å²) in [5.41, 5.74) is 1.48. The van der Waals surface area contributed by atoms with Crippen LogP contribution in [0.15, 0.2) is 34.7 Å². The van der Waals surface area contributed by atoms with Gasteiger partial charge in [-0.3, -0.25) is 10.1 Å². The highest BCUT2D eigenvalue weighted by Gasteiger charge is 2.17. The van der Waals surface area contributed by atoms with E-state index in [0.29, 0.717) is 11.3 Å². The summed E-state index contributed by atoms with van der Waals surface area (Å²) in [7, 11) is 1.85. The van der Waals surface area contributed by atoms with E-state index < -0.39 is 0 Å². The lowest BCUT2D eigenvalue weighted by Crippen LogP contribution is -2.11. The summed E-state index contributed by atoms with van der Waals surface area (Å²) in [5.74, 6) is 1.46. The standard InChI is InChI=1S/C14H16N2O3/c1-9-11(5-4-6-12(9)16(17)18)14-8-7-13(19-14)10(2)15-3/h4-8,10,15H,1-3H3. The van der Waals surface area contributed by atoms with Gasteiger partial charge < -0.3 is 9.73 Å². The average Bonchev–Trinajstić information content (AvgIpc) is 2.87. The maximum atomic E-state index is 10.9. The molecule has 2 aromatic rings. The summed E-state index contributed by atoms with van der Waals surface area (Å²) >= 11 is 0. The molecule has 0 saturated carbocycles.